The molecule has 0 saturated carbocycles. The maximum absolute atomic E-state index is 15.1. The van der Waals surface area contributed by atoms with E-state index in [0.29, 0.717) is 22.3 Å². The minimum absolute atomic E-state index is 0.126. The Morgan fingerprint density at radius 3 is 2.78 bits per heavy atom. The second-order valence-electron chi connectivity index (χ2n) is 9.60. The van der Waals surface area contributed by atoms with E-state index in [1.54, 1.807) is 45.0 Å². The molecule has 3 aromatic rings. The first-order valence-corrected chi connectivity index (χ1v) is 11.5. The summed E-state index contributed by atoms with van der Waals surface area (Å²) in [4.78, 5) is 35.4. The van der Waals surface area contributed by atoms with E-state index in [0.717, 1.165) is 0 Å². The fourth-order valence-corrected chi connectivity index (χ4v) is 4.03. The van der Waals surface area contributed by atoms with Crippen molar-refractivity contribution in [3.8, 4) is 11.8 Å². The molecule has 3 aromatic heterocycles. The fraction of sp³-hybridized carbons (Fsp3) is 0.400. The van der Waals surface area contributed by atoms with Crippen molar-refractivity contribution in [2.24, 2.45) is 0 Å². The Balaban J connectivity index is 1.77. The summed E-state index contributed by atoms with van der Waals surface area (Å²) in [5.41, 5.74) is 0.616. The molecule has 188 valence electrons. The summed E-state index contributed by atoms with van der Waals surface area (Å²) in [5.74, 6) is 6.04. The number of anilines is 1. The molecule has 1 aliphatic rings. The number of aromatic amines is 1. The lowest BCUT2D eigenvalue weighted by molar-refractivity contribution is -0.130. The number of alkyl halides is 1. The van der Waals surface area contributed by atoms with Crippen molar-refractivity contribution >= 4 is 28.9 Å². The zero-order valence-electron chi connectivity index (χ0n) is 20.6. The van der Waals surface area contributed by atoms with Crippen LogP contribution in [0.15, 0.2) is 37.6 Å². The van der Waals surface area contributed by atoms with E-state index in [-0.39, 0.29) is 30.6 Å². The molecular formula is C25H28FN7O3. The van der Waals surface area contributed by atoms with Gasteiger partial charge in [-0.3, -0.25) is 9.89 Å². The maximum atomic E-state index is 15.1. The summed E-state index contributed by atoms with van der Waals surface area (Å²) in [7, 11) is 0. The molecule has 1 amide bonds. The molecular weight excluding hydrogens is 465 g/mol. The maximum Gasteiger partial charge on any atom is 0.420 e. The van der Waals surface area contributed by atoms with E-state index in [9.17, 15) is 9.59 Å². The predicted molar refractivity (Wildman–Crippen MR) is 132 cm³/mol. The Morgan fingerprint density at radius 2 is 2.11 bits per heavy atom. The number of nitrogens with zero attached hydrogens (tertiary/aromatic N) is 5. The van der Waals surface area contributed by atoms with Crippen LogP contribution in [0.1, 0.15) is 45.2 Å². The largest absolute Gasteiger partial charge is 0.443 e. The average molecular weight is 494 g/mol. The number of likely N-dealkylation sites (tertiary alicyclic amines) is 1. The molecule has 4 rings (SSSR count). The minimum atomic E-state index is -1.23. The highest BCUT2D eigenvalue weighted by molar-refractivity contribution is 5.98. The van der Waals surface area contributed by atoms with Crippen molar-refractivity contribution < 1.29 is 18.7 Å². The number of rotatable bonds is 3. The third-order valence-electron chi connectivity index (χ3n) is 5.72. The Kier molecular flexibility index (Phi) is 6.79. The molecule has 0 bridgehead atoms. The van der Waals surface area contributed by atoms with Crippen molar-refractivity contribution in [2.75, 3.05) is 11.9 Å². The number of halogens is 1. The number of carbonyl (C=O) groups is 2. The van der Waals surface area contributed by atoms with Gasteiger partial charge in [0.2, 0.25) is 5.91 Å². The van der Waals surface area contributed by atoms with Crippen LogP contribution in [0.2, 0.25) is 0 Å². The monoisotopic (exact) mass is 493 g/mol. The molecule has 0 spiro atoms. The molecule has 36 heavy (non-hydrogen) atoms. The summed E-state index contributed by atoms with van der Waals surface area (Å²) < 4.78 is 21.9. The van der Waals surface area contributed by atoms with Crippen LogP contribution in [-0.4, -0.2) is 72.0 Å². The van der Waals surface area contributed by atoms with Crippen molar-refractivity contribution in [2.45, 2.75) is 58.0 Å². The summed E-state index contributed by atoms with van der Waals surface area (Å²) in [5, 5.41) is 10.1. The third kappa shape index (κ3) is 5.22. The number of fused-ring (bicyclic) bond motifs is 1. The van der Waals surface area contributed by atoms with Gasteiger partial charge in [-0.05, 0) is 33.8 Å². The highest BCUT2D eigenvalue weighted by Crippen LogP contribution is 2.29. The number of nitrogens with one attached hydrogen (secondary N) is 2. The number of hydrogen-bond donors (Lipinski definition) is 2. The molecule has 1 saturated heterocycles. The molecule has 0 radical (unpaired) electrons. The van der Waals surface area contributed by atoms with E-state index in [4.69, 9.17) is 4.74 Å². The van der Waals surface area contributed by atoms with Crippen molar-refractivity contribution in [3.63, 3.8) is 0 Å². The Morgan fingerprint density at radius 1 is 1.33 bits per heavy atom. The first kappa shape index (κ1) is 24.9. The Labute approximate surface area is 207 Å². The van der Waals surface area contributed by atoms with Gasteiger partial charge in [0, 0.05) is 31.4 Å². The first-order chi connectivity index (χ1) is 17.1. The molecule has 0 unspecified atom stereocenters. The number of aromatic nitrogens is 5. The second-order valence-corrected chi connectivity index (χ2v) is 9.60. The number of amides is 1. The van der Waals surface area contributed by atoms with Gasteiger partial charge in [0.1, 0.15) is 23.9 Å². The standard InChI is InChI=1S/C25H28FN7O3/c1-6-20(34)32-13-19(18(26)9-15(32)2)31-22-21-17(8-7-16-10-29-30-11-16)12-33(23(21)28-14-27-22)24(35)36-25(3,4)5/h6,10-12,14-15,18-19H,1,9,13H2,2-5H3,(H,29,30)(H,27,28,31)/t15-,18-,19-/m0/s1. The van der Waals surface area contributed by atoms with Gasteiger partial charge in [0.15, 0.2) is 5.65 Å². The van der Waals surface area contributed by atoms with Gasteiger partial charge in [0.05, 0.1) is 28.8 Å². The van der Waals surface area contributed by atoms with Crippen LogP contribution in [-0.2, 0) is 9.53 Å². The Hall–Kier alpha value is -4.20. The molecule has 11 heteroatoms. The molecule has 3 atom stereocenters. The van der Waals surface area contributed by atoms with E-state index >= 15 is 4.39 Å². The first-order valence-electron chi connectivity index (χ1n) is 11.5. The smallest absolute Gasteiger partial charge is 0.420 e. The highest BCUT2D eigenvalue weighted by Gasteiger charge is 2.36. The lowest BCUT2D eigenvalue weighted by atomic mass is 9.97. The number of carbonyl (C=O) groups excluding carboxylic acids is 2. The van der Waals surface area contributed by atoms with Crippen LogP contribution in [0.3, 0.4) is 0 Å². The summed E-state index contributed by atoms with van der Waals surface area (Å²) in [6.07, 6.45) is 5.53. The van der Waals surface area contributed by atoms with Crippen LogP contribution in [0.5, 0.6) is 0 Å². The summed E-state index contributed by atoms with van der Waals surface area (Å²) >= 11 is 0. The zero-order chi connectivity index (χ0) is 26.0. The van der Waals surface area contributed by atoms with Crippen LogP contribution < -0.4 is 5.32 Å². The summed E-state index contributed by atoms with van der Waals surface area (Å²) in [6, 6.07) is -0.999. The molecule has 2 N–H and O–H groups in total. The normalized spacial score (nSPS) is 19.9. The third-order valence-corrected chi connectivity index (χ3v) is 5.72. The lowest BCUT2D eigenvalue weighted by Gasteiger charge is -2.40. The van der Waals surface area contributed by atoms with Gasteiger partial charge in [-0.25, -0.2) is 23.7 Å². The molecule has 0 aromatic carbocycles. The van der Waals surface area contributed by atoms with Crippen molar-refractivity contribution in [1.82, 2.24) is 29.6 Å². The Bertz CT molecular complexity index is 1350. The van der Waals surface area contributed by atoms with Crippen LogP contribution in [0.25, 0.3) is 11.0 Å². The predicted octanol–water partition coefficient (Wildman–Crippen LogP) is 3.26. The SMILES string of the molecule is C=CC(=O)N1C[C@H](Nc2ncnc3c2c(C#Cc2cn[nH]c2)cn3C(=O)OC(C)(C)C)[C@@H](F)C[C@@H]1C. The van der Waals surface area contributed by atoms with Gasteiger partial charge >= 0.3 is 6.09 Å². The molecule has 0 aliphatic carbocycles. The number of H-pyrrole nitrogens is 1. The average Bonchev–Trinajstić information content (AvgIpc) is 3.46. The van der Waals surface area contributed by atoms with Gasteiger partial charge in [-0.15, -0.1) is 0 Å². The number of ether oxygens (including phenoxy) is 1. The number of hydrogen-bond acceptors (Lipinski definition) is 7. The van der Waals surface area contributed by atoms with Gasteiger partial charge in [0.25, 0.3) is 0 Å². The zero-order valence-corrected chi connectivity index (χ0v) is 20.6. The number of piperidine rings is 1. The highest BCUT2D eigenvalue weighted by atomic mass is 19.1. The van der Waals surface area contributed by atoms with E-state index in [2.05, 4.69) is 43.9 Å². The second kappa shape index (κ2) is 9.81. The molecule has 4 heterocycles. The van der Waals surface area contributed by atoms with Crippen LogP contribution in [0, 0.1) is 11.8 Å². The van der Waals surface area contributed by atoms with Crippen molar-refractivity contribution in [1.29, 1.82) is 0 Å². The fourth-order valence-electron chi connectivity index (χ4n) is 4.03. The molecule has 1 fully saturated rings. The van der Waals surface area contributed by atoms with Crippen molar-refractivity contribution in [3.05, 3.63) is 48.7 Å². The van der Waals surface area contributed by atoms with Crippen LogP contribution in [0.4, 0.5) is 15.0 Å². The quantitative estimate of drug-likeness (QED) is 0.425. The van der Waals surface area contributed by atoms with E-state index in [1.807, 2.05) is 0 Å². The van der Waals surface area contributed by atoms with Gasteiger partial charge < -0.3 is 15.0 Å². The van der Waals surface area contributed by atoms with Gasteiger partial charge in [-0.2, -0.15) is 5.10 Å². The lowest BCUT2D eigenvalue weighted by Crippen LogP contribution is -2.54. The molecule has 10 nitrogen and oxygen atoms in total. The van der Waals surface area contributed by atoms with Crippen LogP contribution >= 0.6 is 0 Å². The van der Waals surface area contributed by atoms with Gasteiger partial charge in [-0.1, -0.05) is 18.4 Å². The van der Waals surface area contributed by atoms with E-state index in [1.165, 1.54) is 23.2 Å². The van der Waals surface area contributed by atoms with E-state index < -0.39 is 23.9 Å². The minimum Gasteiger partial charge on any atom is -0.443 e. The topological polar surface area (TPSA) is 118 Å². The summed E-state index contributed by atoms with van der Waals surface area (Å²) in [6.45, 7) is 10.8. The molecule has 1 aliphatic heterocycles.